The van der Waals surface area contributed by atoms with Crippen molar-refractivity contribution in [3.8, 4) is 0 Å². The number of hydrogen-bond acceptors (Lipinski definition) is 9. The molecule has 2 aliphatic heterocycles. The third-order valence-corrected chi connectivity index (χ3v) is 7.38. The van der Waals surface area contributed by atoms with Crippen molar-refractivity contribution in [1.29, 1.82) is 0 Å². The molecule has 198 valence electrons. The van der Waals surface area contributed by atoms with E-state index in [1.807, 2.05) is 39.5 Å². The van der Waals surface area contributed by atoms with Crippen LogP contribution in [-0.2, 0) is 25.3 Å². The van der Waals surface area contributed by atoms with Crippen molar-refractivity contribution in [1.82, 2.24) is 44.7 Å². The summed E-state index contributed by atoms with van der Waals surface area (Å²) in [6.45, 7) is 7.16. The van der Waals surface area contributed by atoms with Gasteiger partial charge in [-0.15, -0.1) is 0 Å². The minimum absolute atomic E-state index is 0.141. The molecule has 0 spiro atoms. The molecule has 0 saturated carbocycles. The number of ether oxygens (including phenoxy) is 1. The Kier molecular flexibility index (Phi) is 6.50. The van der Waals surface area contributed by atoms with E-state index >= 15 is 0 Å². The number of hydrogen-bond donors (Lipinski definition) is 2. The number of nitrogens with zero attached hydrogens (tertiary/aromatic N) is 8. The lowest BCUT2D eigenvalue weighted by atomic mass is 10.0. The average Bonchev–Trinajstić information content (AvgIpc) is 3.66. The first-order valence-corrected chi connectivity index (χ1v) is 12.9. The van der Waals surface area contributed by atoms with Crippen LogP contribution in [-0.4, -0.2) is 84.7 Å². The predicted octanol–water partition coefficient (Wildman–Crippen LogP) is 1.44. The van der Waals surface area contributed by atoms with Gasteiger partial charge in [-0.3, -0.25) is 14.5 Å². The number of aryl methyl sites for hydroxylation is 3. The normalized spacial score (nSPS) is 19.2. The van der Waals surface area contributed by atoms with Crippen LogP contribution in [0, 0.1) is 18.8 Å². The third kappa shape index (κ3) is 4.96. The van der Waals surface area contributed by atoms with E-state index < -0.39 is 0 Å². The summed E-state index contributed by atoms with van der Waals surface area (Å²) >= 11 is 0. The van der Waals surface area contributed by atoms with Crippen molar-refractivity contribution < 1.29 is 9.53 Å². The summed E-state index contributed by atoms with van der Waals surface area (Å²) in [4.78, 5) is 29.0. The van der Waals surface area contributed by atoms with Gasteiger partial charge >= 0.3 is 0 Å². The van der Waals surface area contributed by atoms with Gasteiger partial charge in [-0.1, -0.05) is 0 Å². The Hall–Kier alpha value is -3.90. The summed E-state index contributed by atoms with van der Waals surface area (Å²) in [5, 5.41) is 16.0. The molecular weight excluding hydrogens is 484 g/mol. The molecule has 12 nitrogen and oxygen atoms in total. The molecule has 4 aromatic heterocycles. The van der Waals surface area contributed by atoms with Crippen molar-refractivity contribution in [3.05, 3.63) is 53.5 Å². The van der Waals surface area contributed by atoms with Crippen LogP contribution in [0.1, 0.15) is 27.4 Å². The Morgan fingerprint density at radius 3 is 2.71 bits per heavy atom. The molecule has 6 heterocycles. The first kappa shape index (κ1) is 24.4. The van der Waals surface area contributed by atoms with Crippen molar-refractivity contribution in [2.24, 2.45) is 25.9 Å². The maximum atomic E-state index is 12.9. The number of carbonyl (C=O) groups excluding carboxylic acids is 1. The highest BCUT2D eigenvalue weighted by atomic mass is 16.5. The van der Waals surface area contributed by atoms with E-state index in [4.69, 9.17) is 9.72 Å². The van der Waals surface area contributed by atoms with Gasteiger partial charge in [-0.05, 0) is 18.6 Å². The first-order chi connectivity index (χ1) is 18.4. The molecule has 0 bridgehead atoms. The fourth-order valence-electron chi connectivity index (χ4n) is 5.30. The molecule has 0 radical (unpaired) electrons. The number of likely N-dealkylation sites (tertiary alicyclic amines) is 1. The zero-order valence-electron chi connectivity index (χ0n) is 21.9. The van der Waals surface area contributed by atoms with Gasteiger partial charge in [0.15, 0.2) is 11.5 Å². The molecule has 38 heavy (non-hydrogen) atoms. The number of pyridine rings is 1. The Balaban J connectivity index is 1.12. The summed E-state index contributed by atoms with van der Waals surface area (Å²) in [5.41, 5.74) is 3.74. The van der Waals surface area contributed by atoms with Crippen LogP contribution in [0.4, 0.5) is 11.5 Å². The van der Waals surface area contributed by atoms with Gasteiger partial charge in [-0.25, -0.2) is 14.6 Å². The van der Waals surface area contributed by atoms with Crippen LogP contribution in [0.3, 0.4) is 0 Å². The molecule has 2 N–H and O–H groups in total. The fourth-order valence-corrected chi connectivity index (χ4v) is 5.30. The Labute approximate surface area is 220 Å². The summed E-state index contributed by atoms with van der Waals surface area (Å²) in [5.74, 6) is 2.45. The number of rotatable bonds is 8. The predicted molar refractivity (Wildman–Crippen MR) is 141 cm³/mol. The Bertz CT molecular complexity index is 1470. The molecule has 0 aliphatic carbocycles. The number of fused-ring (bicyclic) bond motifs is 2. The van der Waals surface area contributed by atoms with Crippen LogP contribution < -0.4 is 10.6 Å². The van der Waals surface area contributed by atoms with Gasteiger partial charge in [0.1, 0.15) is 5.82 Å². The second kappa shape index (κ2) is 10.1. The van der Waals surface area contributed by atoms with Gasteiger partial charge < -0.3 is 20.3 Å². The van der Waals surface area contributed by atoms with Gasteiger partial charge in [0.2, 0.25) is 0 Å². The molecule has 2 aliphatic rings. The molecule has 2 unspecified atom stereocenters. The minimum atomic E-state index is -0.141. The second-order valence-electron chi connectivity index (χ2n) is 10.2. The Morgan fingerprint density at radius 2 is 1.95 bits per heavy atom. The van der Waals surface area contributed by atoms with Crippen molar-refractivity contribution in [2.45, 2.75) is 13.3 Å². The van der Waals surface area contributed by atoms with Gasteiger partial charge in [0, 0.05) is 77.1 Å². The van der Waals surface area contributed by atoms with E-state index in [0.29, 0.717) is 47.7 Å². The smallest absolute Gasteiger partial charge is 0.252 e. The van der Waals surface area contributed by atoms with E-state index in [9.17, 15) is 4.79 Å². The zero-order valence-corrected chi connectivity index (χ0v) is 21.9. The topological polar surface area (TPSA) is 128 Å². The SMILES string of the molecule is Cc1ncc(C(=O)NCCN2CC3COCC3C2)cc1Nc1nn(C)c2nc(Cc3cnn(C)c3)ncc12. The summed E-state index contributed by atoms with van der Waals surface area (Å²) < 4.78 is 9.04. The zero-order chi connectivity index (χ0) is 26.2. The van der Waals surface area contributed by atoms with Crippen LogP contribution in [0.15, 0.2) is 30.9 Å². The van der Waals surface area contributed by atoms with Crippen LogP contribution >= 0.6 is 0 Å². The van der Waals surface area contributed by atoms with Crippen LogP contribution in [0.2, 0.25) is 0 Å². The van der Waals surface area contributed by atoms with E-state index in [1.54, 1.807) is 21.8 Å². The molecular formula is C26H32N10O2. The van der Waals surface area contributed by atoms with Gasteiger partial charge in [-0.2, -0.15) is 10.2 Å². The number of anilines is 2. The highest BCUT2D eigenvalue weighted by Gasteiger charge is 2.36. The van der Waals surface area contributed by atoms with Gasteiger partial charge in [0.05, 0.1) is 41.7 Å². The molecule has 1 amide bonds. The van der Waals surface area contributed by atoms with Crippen molar-refractivity contribution >= 4 is 28.4 Å². The lowest BCUT2D eigenvalue weighted by molar-refractivity contribution is 0.0947. The summed E-state index contributed by atoms with van der Waals surface area (Å²) in [6.07, 6.45) is 7.74. The first-order valence-electron chi connectivity index (χ1n) is 12.9. The lowest BCUT2D eigenvalue weighted by Crippen LogP contribution is -2.34. The average molecular weight is 517 g/mol. The molecule has 12 heteroatoms. The fraction of sp³-hybridized carbons (Fsp3) is 0.462. The molecule has 2 atom stereocenters. The maximum Gasteiger partial charge on any atom is 0.252 e. The number of carbonyl (C=O) groups is 1. The number of nitrogens with one attached hydrogen (secondary N) is 2. The van der Waals surface area contributed by atoms with Crippen LogP contribution in [0.5, 0.6) is 0 Å². The quantitative estimate of drug-likeness (QED) is 0.358. The second-order valence-corrected chi connectivity index (χ2v) is 10.2. The molecule has 6 rings (SSSR count). The van der Waals surface area contributed by atoms with E-state index in [2.05, 4.69) is 35.7 Å². The van der Waals surface area contributed by atoms with Crippen molar-refractivity contribution in [3.63, 3.8) is 0 Å². The largest absolute Gasteiger partial charge is 0.381 e. The summed E-state index contributed by atoms with van der Waals surface area (Å²) in [6, 6.07) is 1.81. The standard InChI is InChI=1S/C26H32N10O2/c1-16-22(7-18(9-28-16)26(37)27-4-5-36-12-19-14-38-15-20(19)13-36)31-24-21-10-29-23(32-25(21)35(3)33-24)6-17-8-30-34(2)11-17/h7-11,19-20H,4-6,12-15H2,1-3H3,(H,27,37)(H,31,33). The van der Waals surface area contributed by atoms with Crippen LogP contribution in [0.25, 0.3) is 11.0 Å². The number of aromatic nitrogens is 7. The van der Waals surface area contributed by atoms with Gasteiger partial charge in [0.25, 0.3) is 5.91 Å². The maximum absolute atomic E-state index is 12.9. The Morgan fingerprint density at radius 1 is 1.13 bits per heavy atom. The lowest BCUT2D eigenvalue weighted by Gasteiger charge is -2.17. The van der Waals surface area contributed by atoms with E-state index in [1.165, 1.54) is 0 Å². The monoisotopic (exact) mass is 516 g/mol. The molecule has 2 saturated heterocycles. The molecule has 2 fully saturated rings. The third-order valence-electron chi connectivity index (χ3n) is 7.38. The van der Waals surface area contributed by atoms with E-state index in [-0.39, 0.29) is 5.91 Å². The minimum Gasteiger partial charge on any atom is -0.381 e. The summed E-state index contributed by atoms with van der Waals surface area (Å²) in [7, 11) is 3.74. The van der Waals surface area contributed by atoms with Crippen molar-refractivity contribution in [2.75, 3.05) is 44.7 Å². The highest BCUT2D eigenvalue weighted by molar-refractivity contribution is 5.95. The van der Waals surface area contributed by atoms with E-state index in [0.717, 1.165) is 55.1 Å². The highest BCUT2D eigenvalue weighted by Crippen LogP contribution is 2.29. The molecule has 0 aromatic carbocycles. The molecule has 4 aromatic rings. The number of amides is 1.